The van der Waals surface area contributed by atoms with Gasteiger partial charge in [-0.2, -0.15) is 5.10 Å². The predicted octanol–water partition coefficient (Wildman–Crippen LogP) is 6.29. The Morgan fingerprint density at radius 2 is 1.66 bits per heavy atom. The normalized spacial score (nSPS) is 11.2. The predicted molar refractivity (Wildman–Crippen MR) is 148 cm³/mol. The molecule has 0 radical (unpaired) electrons. The van der Waals surface area contributed by atoms with E-state index in [0.717, 1.165) is 22.5 Å². The number of anilines is 2. The number of rotatable bonds is 7. The minimum Gasteiger partial charge on any atom is -0.311 e. The molecule has 0 aliphatic heterocycles. The molecule has 3 aromatic carbocycles. The molecule has 0 saturated heterocycles. The van der Waals surface area contributed by atoms with Gasteiger partial charge in [-0.1, -0.05) is 69.3 Å². The molecule has 4 aromatic rings. The maximum absolute atomic E-state index is 13.7. The van der Waals surface area contributed by atoms with Crippen molar-refractivity contribution in [3.8, 4) is 5.69 Å². The Balaban J connectivity index is 1.58. The fourth-order valence-corrected chi connectivity index (χ4v) is 3.92. The van der Waals surface area contributed by atoms with Crippen molar-refractivity contribution in [3.63, 3.8) is 0 Å². The van der Waals surface area contributed by atoms with Crippen LogP contribution < -0.4 is 10.6 Å². The van der Waals surface area contributed by atoms with Crippen molar-refractivity contribution < 1.29 is 14.0 Å². The zero-order chi connectivity index (χ0) is 27.3. The van der Waals surface area contributed by atoms with Gasteiger partial charge in [0.15, 0.2) is 0 Å². The highest BCUT2D eigenvalue weighted by Crippen LogP contribution is 2.26. The minimum absolute atomic E-state index is 0.194. The largest absolute Gasteiger partial charge is 0.322 e. The van der Waals surface area contributed by atoms with E-state index in [9.17, 15) is 14.0 Å². The number of hydrogen-bond acceptors (Lipinski definition) is 3. The van der Waals surface area contributed by atoms with Crippen LogP contribution in [-0.2, 0) is 16.8 Å². The van der Waals surface area contributed by atoms with Crippen molar-refractivity contribution in [2.45, 2.75) is 39.7 Å². The monoisotopic (exact) mass is 513 g/mol. The molecule has 1 heterocycles. The second kappa shape index (κ2) is 11.3. The number of nitrogens with one attached hydrogen (secondary N) is 2. The van der Waals surface area contributed by atoms with Crippen LogP contribution in [0.4, 0.5) is 20.7 Å². The average molecular weight is 514 g/mol. The molecule has 196 valence electrons. The summed E-state index contributed by atoms with van der Waals surface area (Å²) in [5, 5.41) is 10.4. The quantitative estimate of drug-likeness (QED) is 0.305. The lowest BCUT2D eigenvalue weighted by molar-refractivity contribution is -0.116. The first-order valence-electron chi connectivity index (χ1n) is 12.4. The number of amides is 3. The molecule has 0 atom stereocenters. The molecule has 0 saturated carbocycles. The summed E-state index contributed by atoms with van der Waals surface area (Å²) in [6.07, 6.45) is 0. The number of urea groups is 1. The van der Waals surface area contributed by atoms with Gasteiger partial charge >= 0.3 is 6.03 Å². The van der Waals surface area contributed by atoms with E-state index in [2.05, 4.69) is 31.4 Å². The van der Waals surface area contributed by atoms with E-state index in [1.54, 1.807) is 10.7 Å². The number of carbonyl (C=O) groups is 2. The number of nitrogens with zero attached hydrogens (tertiary/aromatic N) is 3. The maximum atomic E-state index is 13.7. The molecule has 0 aliphatic rings. The SMILES string of the molecule is Cc1cccc(-n2nc(C(C)(C)C)cc2NC(=O)CN(Cc2ccccc2)C(=O)Nc2cccc(F)c2)c1. The van der Waals surface area contributed by atoms with Gasteiger partial charge in [-0.25, -0.2) is 13.9 Å². The molecule has 3 amide bonds. The van der Waals surface area contributed by atoms with Crippen molar-refractivity contribution >= 4 is 23.4 Å². The van der Waals surface area contributed by atoms with Gasteiger partial charge in [0.1, 0.15) is 18.2 Å². The standard InChI is InChI=1S/C30H32FN5O2/c1-21-10-8-15-25(16-21)36-27(18-26(34-36)30(2,3)4)33-28(37)20-35(19-22-11-6-5-7-12-22)29(38)32-24-14-9-13-23(31)17-24/h5-18H,19-20H2,1-4H3,(H,32,38)(H,33,37). The van der Waals surface area contributed by atoms with Crippen LogP contribution in [0.2, 0.25) is 0 Å². The molecule has 7 nitrogen and oxygen atoms in total. The number of aromatic nitrogens is 2. The van der Waals surface area contributed by atoms with E-state index >= 15 is 0 Å². The Kier molecular flexibility index (Phi) is 7.90. The van der Waals surface area contributed by atoms with Crippen LogP contribution in [0.1, 0.15) is 37.6 Å². The summed E-state index contributed by atoms with van der Waals surface area (Å²) in [6.45, 7) is 8.13. The van der Waals surface area contributed by atoms with Gasteiger partial charge in [0.25, 0.3) is 0 Å². The van der Waals surface area contributed by atoms with E-state index in [1.165, 1.54) is 23.1 Å². The van der Waals surface area contributed by atoms with E-state index in [-0.39, 0.29) is 24.4 Å². The minimum atomic E-state index is -0.517. The summed E-state index contributed by atoms with van der Waals surface area (Å²) in [5.74, 6) is -0.338. The smallest absolute Gasteiger partial charge is 0.311 e. The molecular weight excluding hydrogens is 481 g/mol. The van der Waals surface area contributed by atoms with Gasteiger partial charge in [-0.05, 0) is 48.4 Å². The van der Waals surface area contributed by atoms with Crippen LogP contribution >= 0.6 is 0 Å². The average Bonchev–Trinajstić information content (AvgIpc) is 3.28. The van der Waals surface area contributed by atoms with Crippen LogP contribution in [0.25, 0.3) is 5.69 Å². The Morgan fingerprint density at radius 3 is 2.34 bits per heavy atom. The highest BCUT2D eigenvalue weighted by Gasteiger charge is 2.23. The fourth-order valence-electron chi connectivity index (χ4n) is 3.92. The first-order valence-corrected chi connectivity index (χ1v) is 12.4. The number of carbonyl (C=O) groups excluding carboxylic acids is 2. The number of hydrogen-bond donors (Lipinski definition) is 2. The van der Waals surface area contributed by atoms with Gasteiger partial charge in [0.2, 0.25) is 5.91 Å². The number of halogens is 1. The summed E-state index contributed by atoms with van der Waals surface area (Å²) in [4.78, 5) is 27.9. The molecular formula is C30H32FN5O2. The molecule has 2 N–H and O–H groups in total. The maximum Gasteiger partial charge on any atom is 0.322 e. The lowest BCUT2D eigenvalue weighted by atomic mass is 9.92. The molecule has 38 heavy (non-hydrogen) atoms. The number of benzene rings is 3. The van der Waals surface area contributed by atoms with Crippen LogP contribution in [0.3, 0.4) is 0 Å². The van der Waals surface area contributed by atoms with Crippen LogP contribution in [0.5, 0.6) is 0 Å². The molecule has 0 aliphatic carbocycles. The summed E-state index contributed by atoms with van der Waals surface area (Å²) >= 11 is 0. The third-order valence-corrected chi connectivity index (χ3v) is 5.91. The highest BCUT2D eigenvalue weighted by atomic mass is 19.1. The Bertz CT molecular complexity index is 1430. The van der Waals surface area contributed by atoms with Crippen molar-refractivity contribution in [2.75, 3.05) is 17.2 Å². The molecule has 8 heteroatoms. The molecule has 4 rings (SSSR count). The summed E-state index contributed by atoms with van der Waals surface area (Å²) in [6, 6.07) is 24.2. The van der Waals surface area contributed by atoms with E-state index < -0.39 is 11.8 Å². The van der Waals surface area contributed by atoms with Crippen molar-refractivity contribution in [1.82, 2.24) is 14.7 Å². The highest BCUT2D eigenvalue weighted by molar-refractivity contribution is 5.96. The Labute approximate surface area is 222 Å². The molecule has 0 fully saturated rings. The summed E-state index contributed by atoms with van der Waals surface area (Å²) in [7, 11) is 0. The third-order valence-electron chi connectivity index (χ3n) is 5.91. The lowest BCUT2D eigenvalue weighted by Gasteiger charge is -2.23. The molecule has 1 aromatic heterocycles. The molecule has 0 spiro atoms. The first-order chi connectivity index (χ1) is 18.1. The van der Waals surface area contributed by atoms with Crippen molar-refractivity contribution in [1.29, 1.82) is 0 Å². The fraction of sp³-hybridized carbons (Fsp3) is 0.233. The molecule has 0 unspecified atom stereocenters. The Hall–Kier alpha value is -4.46. The van der Waals surface area contributed by atoms with Gasteiger partial charge in [0.05, 0.1) is 11.4 Å². The van der Waals surface area contributed by atoms with E-state index in [0.29, 0.717) is 11.5 Å². The zero-order valence-electron chi connectivity index (χ0n) is 22.0. The molecule has 0 bridgehead atoms. The van der Waals surface area contributed by atoms with E-state index in [1.807, 2.05) is 67.6 Å². The number of aryl methyl sites for hydroxylation is 1. The van der Waals surface area contributed by atoms with Gasteiger partial charge in [-0.15, -0.1) is 0 Å². The topological polar surface area (TPSA) is 79.3 Å². The van der Waals surface area contributed by atoms with Gasteiger partial charge in [-0.3, -0.25) is 4.79 Å². The second-order valence-corrected chi connectivity index (χ2v) is 10.2. The first kappa shape index (κ1) is 26.6. The van der Waals surface area contributed by atoms with E-state index in [4.69, 9.17) is 5.10 Å². The van der Waals surface area contributed by atoms with Crippen LogP contribution in [0, 0.1) is 12.7 Å². The third kappa shape index (κ3) is 6.85. The zero-order valence-corrected chi connectivity index (χ0v) is 22.0. The van der Waals surface area contributed by atoms with Crippen LogP contribution in [0.15, 0.2) is 84.9 Å². The van der Waals surface area contributed by atoms with Gasteiger partial charge in [0, 0.05) is 23.7 Å². The lowest BCUT2D eigenvalue weighted by Crippen LogP contribution is -2.40. The summed E-state index contributed by atoms with van der Waals surface area (Å²) < 4.78 is 15.4. The van der Waals surface area contributed by atoms with Crippen molar-refractivity contribution in [3.05, 3.63) is 108 Å². The van der Waals surface area contributed by atoms with Crippen molar-refractivity contribution in [2.24, 2.45) is 0 Å². The second-order valence-electron chi connectivity index (χ2n) is 10.2. The van der Waals surface area contributed by atoms with Crippen LogP contribution in [-0.4, -0.2) is 33.2 Å². The Morgan fingerprint density at radius 1 is 0.921 bits per heavy atom. The summed E-state index contributed by atoms with van der Waals surface area (Å²) in [5.41, 5.74) is 3.63. The van der Waals surface area contributed by atoms with Gasteiger partial charge < -0.3 is 15.5 Å².